The number of aromatic nitrogens is 1. The lowest BCUT2D eigenvalue weighted by Crippen LogP contribution is -2.41. The predicted molar refractivity (Wildman–Crippen MR) is 57.6 cm³/mol. The Morgan fingerprint density at radius 3 is 3.27 bits per heavy atom. The second kappa shape index (κ2) is 5.01. The van der Waals surface area contributed by atoms with E-state index in [4.69, 9.17) is 4.74 Å². The van der Waals surface area contributed by atoms with E-state index in [0.29, 0.717) is 13.2 Å². The maximum Gasteiger partial charge on any atom is 0.214 e. The first-order valence-corrected chi connectivity index (χ1v) is 6.04. The molecule has 0 aliphatic carbocycles. The molecule has 2 unspecified atom stereocenters. The zero-order valence-electron chi connectivity index (χ0n) is 8.70. The van der Waals surface area contributed by atoms with E-state index in [1.54, 1.807) is 11.3 Å². The number of nitrogens with zero attached hydrogens (tertiary/aromatic N) is 1. The number of hydrogen-bond donors (Lipinski definition) is 1. The number of thiazole rings is 1. The normalized spacial score (nSPS) is 26.8. The molecule has 0 bridgehead atoms. The topological polar surface area (TPSA) is 34.2 Å². The van der Waals surface area contributed by atoms with Gasteiger partial charge < -0.3 is 10.1 Å². The fraction of sp³-hybridized carbons (Fsp3) is 0.700. The molecule has 0 amide bonds. The summed E-state index contributed by atoms with van der Waals surface area (Å²) in [5.74, 6) is 0. The van der Waals surface area contributed by atoms with Gasteiger partial charge in [-0.3, -0.25) is 0 Å². The van der Waals surface area contributed by atoms with Gasteiger partial charge in [0.1, 0.15) is 0 Å². The number of ether oxygens (including phenoxy) is 1. The lowest BCUT2D eigenvalue weighted by atomic mass is 10.1. The van der Waals surface area contributed by atoms with Crippen molar-refractivity contribution in [2.75, 3.05) is 6.61 Å². The molecule has 1 fully saturated rings. The maximum absolute atomic E-state index is 13.3. The molecule has 3 nitrogen and oxygen atoms in total. The van der Waals surface area contributed by atoms with Gasteiger partial charge in [-0.15, -0.1) is 11.3 Å². The number of aryl methyl sites for hydroxylation is 1. The van der Waals surface area contributed by atoms with Crippen LogP contribution in [0.5, 0.6) is 0 Å². The average Bonchev–Trinajstić information content (AvgIpc) is 2.63. The Kier molecular flexibility index (Phi) is 3.66. The van der Waals surface area contributed by atoms with E-state index < -0.39 is 6.36 Å². The van der Waals surface area contributed by atoms with Gasteiger partial charge in [-0.2, -0.15) is 0 Å². The number of nitrogens with one attached hydrogen (secondary N) is 1. The van der Waals surface area contributed by atoms with Crippen LogP contribution in [0.25, 0.3) is 0 Å². The van der Waals surface area contributed by atoms with Crippen molar-refractivity contribution in [3.63, 3.8) is 0 Å². The minimum atomic E-state index is -1.17. The molecule has 0 aromatic carbocycles. The first-order valence-electron chi connectivity index (χ1n) is 5.16. The minimum Gasteiger partial charge on any atom is -0.347 e. The molecule has 0 saturated carbocycles. The third-order valence-electron chi connectivity index (χ3n) is 2.46. The van der Waals surface area contributed by atoms with E-state index in [1.807, 2.05) is 12.3 Å². The first-order chi connectivity index (χ1) is 7.25. The zero-order chi connectivity index (χ0) is 10.7. The Hall–Kier alpha value is -0.520. The van der Waals surface area contributed by atoms with Crippen LogP contribution in [0.1, 0.15) is 23.5 Å². The van der Waals surface area contributed by atoms with Crippen molar-refractivity contribution < 1.29 is 9.13 Å². The van der Waals surface area contributed by atoms with Crippen LogP contribution in [0.15, 0.2) is 5.38 Å². The average molecular weight is 230 g/mol. The summed E-state index contributed by atoms with van der Waals surface area (Å²) in [6.07, 6.45) is 0.594. The summed E-state index contributed by atoms with van der Waals surface area (Å²) in [5.41, 5.74) is 0.982. The third-order valence-corrected chi connectivity index (χ3v) is 3.29. The first kappa shape index (κ1) is 11.0. The third kappa shape index (κ3) is 2.96. The van der Waals surface area contributed by atoms with Crippen LogP contribution in [-0.4, -0.2) is 24.0 Å². The van der Waals surface area contributed by atoms with Crippen LogP contribution in [0.4, 0.5) is 4.39 Å². The molecule has 2 rings (SSSR count). The lowest BCUT2D eigenvalue weighted by Gasteiger charge is -2.26. The second-order valence-corrected chi connectivity index (χ2v) is 4.77. The molecule has 1 aromatic rings. The van der Waals surface area contributed by atoms with Crippen molar-refractivity contribution in [2.45, 2.75) is 38.7 Å². The Bertz CT molecular complexity index is 318. The highest BCUT2D eigenvalue weighted by Gasteiger charge is 2.24. The summed E-state index contributed by atoms with van der Waals surface area (Å²) >= 11 is 1.62. The van der Waals surface area contributed by atoms with Crippen molar-refractivity contribution in [3.8, 4) is 0 Å². The van der Waals surface area contributed by atoms with Gasteiger partial charge in [0.15, 0.2) is 0 Å². The van der Waals surface area contributed by atoms with Crippen molar-refractivity contribution >= 4 is 11.3 Å². The van der Waals surface area contributed by atoms with Crippen molar-refractivity contribution in [2.24, 2.45) is 0 Å². The highest BCUT2D eigenvalue weighted by molar-refractivity contribution is 7.09. The minimum absolute atomic E-state index is 0.180. The van der Waals surface area contributed by atoms with E-state index in [2.05, 4.69) is 10.3 Å². The van der Waals surface area contributed by atoms with Gasteiger partial charge in [-0.1, -0.05) is 0 Å². The van der Waals surface area contributed by atoms with Gasteiger partial charge >= 0.3 is 0 Å². The summed E-state index contributed by atoms with van der Waals surface area (Å²) in [7, 11) is 0. The maximum atomic E-state index is 13.3. The molecular weight excluding hydrogens is 215 g/mol. The fourth-order valence-electron chi connectivity index (χ4n) is 1.67. The summed E-state index contributed by atoms with van der Waals surface area (Å²) in [5, 5.41) is 6.19. The molecule has 15 heavy (non-hydrogen) atoms. The molecule has 1 N–H and O–H groups in total. The highest BCUT2D eigenvalue weighted by Crippen LogP contribution is 2.16. The summed E-state index contributed by atoms with van der Waals surface area (Å²) in [6.45, 7) is 3.13. The Morgan fingerprint density at radius 1 is 1.73 bits per heavy atom. The molecule has 1 saturated heterocycles. The number of rotatable bonds is 3. The van der Waals surface area contributed by atoms with Crippen LogP contribution in [0.3, 0.4) is 0 Å². The predicted octanol–water partition coefficient (Wildman–Crippen LogP) is 2.02. The van der Waals surface area contributed by atoms with Crippen molar-refractivity contribution in [1.29, 1.82) is 0 Å². The number of halogens is 1. The molecule has 5 heteroatoms. The largest absolute Gasteiger partial charge is 0.347 e. The van der Waals surface area contributed by atoms with E-state index in [1.165, 1.54) is 0 Å². The molecular formula is C10H15FN2OS. The highest BCUT2D eigenvalue weighted by atomic mass is 32.1. The van der Waals surface area contributed by atoms with Gasteiger partial charge in [-0.25, -0.2) is 9.37 Å². The standard InChI is InChI=1S/C10H15FN2OS/c1-7-13-8(6-15-7)5-12-9-3-2-4-14-10(9)11/h6,9-10,12H,2-5H2,1H3. The molecule has 0 spiro atoms. The SMILES string of the molecule is Cc1nc(CNC2CCCOC2F)cs1. The van der Waals surface area contributed by atoms with E-state index in [-0.39, 0.29) is 6.04 Å². The van der Waals surface area contributed by atoms with Crippen LogP contribution in [0, 0.1) is 6.92 Å². The molecule has 2 heterocycles. The van der Waals surface area contributed by atoms with Crippen LogP contribution < -0.4 is 5.32 Å². The van der Waals surface area contributed by atoms with Crippen LogP contribution in [0.2, 0.25) is 0 Å². The van der Waals surface area contributed by atoms with Gasteiger partial charge in [0.25, 0.3) is 0 Å². The Balaban J connectivity index is 1.81. The van der Waals surface area contributed by atoms with Crippen molar-refractivity contribution in [1.82, 2.24) is 10.3 Å². The molecule has 1 aliphatic heterocycles. The molecule has 1 aromatic heterocycles. The van der Waals surface area contributed by atoms with Gasteiger partial charge in [0.2, 0.25) is 6.36 Å². The summed E-state index contributed by atoms with van der Waals surface area (Å²) < 4.78 is 18.2. The molecule has 0 radical (unpaired) electrons. The fourth-order valence-corrected chi connectivity index (χ4v) is 2.28. The molecule has 1 aliphatic rings. The van der Waals surface area contributed by atoms with E-state index >= 15 is 0 Å². The second-order valence-electron chi connectivity index (χ2n) is 3.71. The summed E-state index contributed by atoms with van der Waals surface area (Å²) in [4.78, 5) is 4.31. The quantitative estimate of drug-likeness (QED) is 0.862. The van der Waals surface area contributed by atoms with Gasteiger partial charge in [-0.05, 0) is 19.8 Å². The lowest BCUT2D eigenvalue weighted by molar-refractivity contribution is -0.0897. The number of alkyl halides is 1. The Labute approximate surface area is 92.7 Å². The van der Waals surface area contributed by atoms with E-state index in [9.17, 15) is 4.39 Å². The van der Waals surface area contributed by atoms with E-state index in [0.717, 1.165) is 23.5 Å². The van der Waals surface area contributed by atoms with Crippen LogP contribution >= 0.6 is 11.3 Å². The van der Waals surface area contributed by atoms with Crippen LogP contribution in [-0.2, 0) is 11.3 Å². The molecule has 2 atom stereocenters. The monoisotopic (exact) mass is 230 g/mol. The zero-order valence-corrected chi connectivity index (χ0v) is 9.52. The summed E-state index contributed by atoms with van der Waals surface area (Å²) in [6, 6.07) is -0.180. The van der Waals surface area contributed by atoms with Gasteiger partial charge in [0, 0.05) is 11.9 Å². The number of hydrogen-bond acceptors (Lipinski definition) is 4. The Morgan fingerprint density at radius 2 is 2.60 bits per heavy atom. The smallest absolute Gasteiger partial charge is 0.214 e. The van der Waals surface area contributed by atoms with Gasteiger partial charge in [0.05, 0.1) is 23.4 Å². The van der Waals surface area contributed by atoms with Crippen molar-refractivity contribution in [3.05, 3.63) is 16.1 Å². The molecule has 84 valence electrons.